The van der Waals surface area contributed by atoms with Crippen molar-refractivity contribution >= 4 is 17.6 Å². The van der Waals surface area contributed by atoms with E-state index < -0.39 is 29.7 Å². The van der Waals surface area contributed by atoms with Crippen LogP contribution in [0.4, 0.5) is 13.6 Å². The van der Waals surface area contributed by atoms with Crippen LogP contribution in [-0.2, 0) is 20.7 Å². The number of ether oxygens (including phenoxy) is 2. The first kappa shape index (κ1) is 23.6. The molecule has 3 heterocycles. The molecule has 11 heteroatoms. The van der Waals surface area contributed by atoms with E-state index in [1.54, 1.807) is 16.7 Å². The van der Waals surface area contributed by atoms with E-state index in [0.29, 0.717) is 24.5 Å². The average molecular weight is 474 g/mol. The number of aromatic nitrogens is 2. The van der Waals surface area contributed by atoms with Gasteiger partial charge >= 0.3 is 6.09 Å². The maximum Gasteiger partial charge on any atom is 0.409 e. The maximum atomic E-state index is 15.2. The van der Waals surface area contributed by atoms with E-state index in [1.165, 1.54) is 19.1 Å². The van der Waals surface area contributed by atoms with Crippen LogP contribution in [0.3, 0.4) is 0 Å². The molecule has 0 spiro atoms. The van der Waals surface area contributed by atoms with Crippen LogP contribution >= 0.6 is 0 Å². The second-order valence-corrected chi connectivity index (χ2v) is 7.90. The summed E-state index contributed by atoms with van der Waals surface area (Å²) in [7, 11) is 2.53. The van der Waals surface area contributed by atoms with Crippen LogP contribution in [0.15, 0.2) is 30.5 Å². The van der Waals surface area contributed by atoms with Crippen LogP contribution in [0.25, 0.3) is 16.9 Å². The number of fused-ring (bicyclic) bond motifs is 1. The number of methoxy groups -OCH3 is 1. The van der Waals surface area contributed by atoms with Gasteiger partial charge in [0.05, 0.1) is 50.4 Å². The Morgan fingerprint density at radius 1 is 1.24 bits per heavy atom. The number of pyridine rings is 1. The molecule has 1 atom stereocenters. The zero-order valence-corrected chi connectivity index (χ0v) is 18.9. The molecule has 1 fully saturated rings. The van der Waals surface area contributed by atoms with Crippen molar-refractivity contribution in [2.75, 3.05) is 33.9 Å². The van der Waals surface area contributed by atoms with E-state index in [9.17, 15) is 9.59 Å². The molecular formula is C23H24F2N4O5. The molecule has 3 aromatic rings. The summed E-state index contributed by atoms with van der Waals surface area (Å²) in [6, 6.07) is 5.52. The fourth-order valence-corrected chi connectivity index (χ4v) is 4.03. The van der Waals surface area contributed by atoms with Crippen LogP contribution in [0.2, 0.25) is 0 Å². The Kier molecular flexibility index (Phi) is 6.75. The van der Waals surface area contributed by atoms with Gasteiger partial charge in [-0.1, -0.05) is 0 Å². The second-order valence-electron chi connectivity index (χ2n) is 7.90. The molecule has 180 valence electrons. The van der Waals surface area contributed by atoms with Crippen molar-refractivity contribution in [3.63, 3.8) is 0 Å². The summed E-state index contributed by atoms with van der Waals surface area (Å²) in [6.07, 6.45) is 1.10. The molecule has 0 unspecified atom stereocenters. The first-order valence-corrected chi connectivity index (χ1v) is 10.6. The van der Waals surface area contributed by atoms with Crippen molar-refractivity contribution in [1.29, 1.82) is 0 Å². The Hall–Kier alpha value is -3.57. The molecule has 1 aliphatic heterocycles. The topological polar surface area (TPSA) is 94.4 Å². The van der Waals surface area contributed by atoms with Gasteiger partial charge in [0.15, 0.2) is 0 Å². The van der Waals surface area contributed by atoms with Gasteiger partial charge in [-0.15, -0.1) is 0 Å². The number of carbonyl (C=O) groups is 2. The lowest BCUT2D eigenvalue weighted by molar-refractivity contribution is -0.0241. The Morgan fingerprint density at radius 3 is 2.65 bits per heavy atom. The van der Waals surface area contributed by atoms with Crippen molar-refractivity contribution < 1.29 is 32.7 Å². The minimum Gasteiger partial charge on any atom is -0.453 e. The standard InChI is InChI=1S/C23H24F2N4O5/c1-13-4-5-29-18(11-15-12-28(6-7-34-15)23(31)32-2)21(26-19(29)8-13)20-16(24)9-14(10-17(20)25)22(30)27-33-3/h4-5,8-10,15H,6-7,11-12H2,1-3H3,(H,27,30)/t15-/m0/s1. The van der Waals surface area contributed by atoms with Crippen LogP contribution in [-0.4, -0.2) is 66.3 Å². The summed E-state index contributed by atoms with van der Waals surface area (Å²) >= 11 is 0. The van der Waals surface area contributed by atoms with E-state index in [-0.39, 0.29) is 29.8 Å². The van der Waals surface area contributed by atoms with Crippen molar-refractivity contribution in [2.24, 2.45) is 0 Å². The molecule has 1 aliphatic rings. The van der Waals surface area contributed by atoms with Gasteiger partial charge < -0.3 is 18.8 Å². The largest absolute Gasteiger partial charge is 0.453 e. The highest BCUT2D eigenvalue weighted by Gasteiger charge is 2.29. The van der Waals surface area contributed by atoms with Crippen LogP contribution in [0.1, 0.15) is 21.6 Å². The average Bonchev–Trinajstić information content (AvgIpc) is 3.15. The minimum atomic E-state index is -0.941. The SMILES string of the molecule is CONC(=O)c1cc(F)c(-c2nc3cc(C)ccn3c2C[C@H]2CN(C(=O)OC)CCO2)c(F)c1. The molecule has 0 aliphatic carbocycles. The zero-order valence-electron chi connectivity index (χ0n) is 18.9. The van der Waals surface area contributed by atoms with Crippen molar-refractivity contribution in [2.45, 2.75) is 19.4 Å². The van der Waals surface area contributed by atoms with E-state index in [4.69, 9.17) is 9.47 Å². The van der Waals surface area contributed by atoms with Gasteiger partial charge in [-0.25, -0.2) is 24.0 Å². The summed E-state index contributed by atoms with van der Waals surface area (Å²) < 4.78 is 42.7. The number of halogens is 2. The van der Waals surface area contributed by atoms with Crippen LogP contribution in [0, 0.1) is 18.6 Å². The molecule has 1 saturated heterocycles. The van der Waals surface area contributed by atoms with Crippen molar-refractivity contribution in [3.05, 3.63) is 58.9 Å². The number of nitrogens with zero attached hydrogens (tertiary/aromatic N) is 3. The highest BCUT2D eigenvalue weighted by Crippen LogP contribution is 2.32. The molecule has 1 aromatic carbocycles. The fourth-order valence-electron chi connectivity index (χ4n) is 4.03. The summed E-state index contributed by atoms with van der Waals surface area (Å²) in [5.74, 6) is -2.66. The lowest BCUT2D eigenvalue weighted by Crippen LogP contribution is -2.46. The van der Waals surface area contributed by atoms with Crippen LogP contribution in [0.5, 0.6) is 0 Å². The van der Waals surface area contributed by atoms with E-state index >= 15 is 8.78 Å². The number of morpholine rings is 1. The fraction of sp³-hybridized carbons (Fsp3) is 0.348. The smallest absolute Gasteiger partial charge is 0.409 e. The van der Waals surface area contributed by atoms with Crippen molar-refractivity contribution in [1.82, 2.24) is 19.8 Å². The Labute approximate surface area is 194 Å². The molecule has 0 radical (unpaired) electrons. The summed E-state index contributed by atoms with van der Waals surface area (Å²) in [4.78, 5) is 34.5. The normalized spacial score (nSPS) is 16.0. The molecule has 9 nitrogen and oxygen atoms in total. The third-order valence-corrected chi connectivity index (χ3v) is 5.61. The zero-order chi connectivity index (χ0) is 24.4. The second kappa shape index (κ2) is 9.74. The highest BCUT2D eigenvalue weighted by molar-refractivity contribution is 5.94. The number of hydrogen-bond donors (Lipinski definition) is 1. The minimum absolute atomic E-state index is 0.0955. The predicted octanol–water partition coefficient (Wildman–Crippen LogP) is 2.89. The molecule has 1 N–H and O–H groups in total. The Morgan fingerprint density at radius 2 is 1.97 bits per heavy atom. The third kappa shape index (κ3) is 4.57. The number of benzene rings is 1. The Balaban J connectivity index is 1.77. The summed E-state index contributed by atoms with van der Waals surface area (Å²) in [6.45, 7) is 2.83. The van der Waals surface area contributed by atoms with Crippen molar-refractivity contribution in [3.8, 4) is 11.3 Å². The first-order valence-electron chi connectivity index (χ1n) is 10.6. The van der Waals surface area contributed by atoms with Crippen LogP contribution < -0.4 is 5.48 Å². The lowest BCUT2D eigenvalue weighted by Gasteiger charge is -2.32. The number of rotatable bonds is 5. The highest BCUT2D eigenvalue weighted by atomic mass is 19.1. The molecule has 34 heavy (non-hydrogen) atoms. The van der Waals surface area contributed by atoms with Gasteiger partial charge in [0.25, 0.3) is 5.91 Å². The number of amides is 2. The van der Waals surface area contributed by atoms with E-state index in [2.05, 4.69) is 9.82 Å². The maximum absolute atomic E-state index is 15.2. The number of carbonyl (C=O) groups excluding carboxylic acids is 2. The van der Waals surface area contributed by atoms with Gasteiger partial charge in [0.2, 0.25) is 0 Å². The lowest BCUT2D eigenvalue weighted by atomic mass is 10.0. The number of hydroxylamine groups is 1. The Bertz CT molecular complexity index is 1220. The molecule has 4 rings (SSSR count). The molecule has 2 amide bonds. The number of nitrogens with one attached hydrogen (secondary N) is 1. The first-order chi connectivity index (χ1) is 16.3. The quantitative estimate of drug-likeness (QED) is 0.572. The number of aryl methyl sites for hydroxylation is 1. The summed E-state index contributed by atoms with van der Waals surface area (Å²) in [5.41, 5.74) is 3.49. The van der Waals surface area contributed by atoms with Gasteiger partial charge in [-0.3, -0.25) is 9.63 Å². The number of imidazole rings is 1. The van der Waals surface area contributed by atoms with Gasteiger partial charge in [0.1, 0.15) is 17.3 Å². The third-order valence-electron chi connectivity index (χ3n) is 5.61. The van der Waals surface area contributed by atoms with Gasteiger partial charge in [-0.05, 0) is 36.8 Å². The summed E-state index contributed by atoms with van der Waals surface area (Å²) in [5, 5.41) is 0. The predicted molar refractivity (Wildman–Crippen MR) is 117 cm³/mol. The number of hydrogen-bond acceptors (Lipinski definition) is 6. The van der Waals surface area contributed by atoms with Gasteiger partial charge in [-0.2, -0.15) is 0 Å². The van der Waals surface area contributed by atoms with E-state index in [1.807, 2.05) is 18.5 Å². The van der Waals surface area contributed by atoms with E-state index in [0.717, 1.165) is 17.7 Å². The molecule has 0 bridgehead atoms. The molecular weight excluding hydrogens is 450 g/mol. The van der Waals surface area contributed by atoms with Gasteiger partial charge in [0, 0.05) is 24.7 Å². The molecule has 2 aromatic heterocycles. The molecule has 0 saturated carbocycles. The monoisotopic (exact) mass is 474 g/mol.